The van der Waals surface area contributed by atoms with Crippen LogP contribution in [0.3, 0.4) is 0 Å². The van der Waals surface area contributed by atoms with Gasteiger partial charge in [-0.1, -0.05) is 0 Å². The van der Waals surface area contributed by atoms with Gasteiger partial charge in [-0.15, -0.1) is 0 Å². The number of hydrogen-bond acceptors (Lipinski definition) is 4. The van der Waals surface area contributed by atoms with E-state index in [1.165, 1.54) is 6.19 Å². The van der Waals surface area contributed by atoms with E-state index in [-0.39, 0.29) is 6.10 Å². The van der Waals surface area contributed by atoms with E-state index in [1.54, 1.807) is 6.92 Å². The van der Waals surface area contributed by atoms with Crippen LogP contribution in [0.15, 0.2) is 0 Å². The number of carbonyl (C=O) groups is 1. The molecule has 5 heteroatoms. The van der Waals surface area contributed by atoms with E-state index < -0.39 is 6.09 Å². The number of nitrogens with one attached hydrogen (secondary N) is 1. The average molecular weight is 160 g/mol. The minimum Gasteiger partial charge on any atom is -0.445 e. The van der Waals surface area contributed by atoms with Gasteiger partial charge in [0.1, 0.15) is 6.10 Å². The molecule has 0 fully saturated rings. The Balaban J connectivity index is 3.49. The first-order valence-electron chi connectivity index (χ1n) is 2.67. The summed E-state index contributed by atoms with van der Waals surface area (Å²) in [5.74, 6) is 0.443. The summed E-state index contributed by atoms with van der Waals surface area (Å²) in [5.41, 5.74) is 0. The fraction of sp³-hybridized carbons (Fsp3) is 0.600. The lowest BCUT2D eigenvalue weighted by molar-refractivity contribution is 0.122. The fourth-order valence-corrected chi connectivity index (χ4v) is 0.370. The minimum atomic E-state index is -0.732. The van der Waals surface area contributed by atoms with E-state index in [2.05, 4.69) is 17.4 Å². The van der Waals surface area contributed by atoms with Crippen LogP contribution < -0.4 is 5.32 Å². The first kappa shape index (κ1) is 9.11. The molecule has 56 valence electrons. The van der Waals surface area contributed by atoms with E-state index in [0.29, 0.717) is 5.75 Å². The highest BCUT2D eigenvalue weighted by molar-refractivity contribution is 7.80. The number of thiol groups is 1. The number of hydrogen-bond donors (Lipinski definition) is 2. The number of nitriles is 1. The maximum atomic E-state index is 10.4. The summed E-state index contributed by atoms with van der Waals surface area (Å²) in [7, 11) is 0. The lowest BCUT2D eigenvalue weighted by atomic mass is 10.5. The summed E-state index contributed by atoms with van der Waals surface area (Å²) in [6, 6.07) is 0. The second-order valence-corrected chi connectivity index (χ2v) is 2.00. The van der Waals surface area contributed by atoms with Crippen LogP contribution in [0.5, 0.6) is 0 Å². The van der Waals surface area contributed by atoms with Crippen LogP contribution in [0.2, 0.25) is 0 Å². The van der Waals surface area contributed by atoms with Gasteiger partial charge in [0.25, 0.3) is 0 Å². The van der Waals surface area contributed by atoms with Gasteiger partial charge in [0.15, 0.2) is 6.19 Å². The smallest absolute Gasteiger partial charge is 0.420 e. The molecule has 0 aromatic heterocycles. The first-order chi connectivity index (χ1) is 4.70. The summed E-state index contributed by atoms with van der Waals surface area (Å²) in [4.78, 5) is 10.4. The molecule has 1 unspecified atom stereocenters. The van der Waals surface area contributed by atoms with Gasteiger partial charge >= 0.3 is 6.09 Å². The third-order valence-corrected chi connectivity index (χ3v) is 1.24. The van der Waals surface area contributed by atoms with Gasteiger partial charge in [0.05, 0.1) is 0 Å². The Hall–Kier alpha value is -0.890. The number of carbonyl (C=O) groups excluding carboxylic acids is 1. The van der Waals surface area contributed by atoms with Crippen LogP contribution in [-0.2, 0) is 4.74 Å². The fourth-order valence-electron chi connectivity index (χ4n) is 0.295. The highest BCUT2D eigenvalue weighted by atomic mass is 32.1. The molecule has 0 saturated heterocycles. The van der Waals surface area contributed by atoms with Gasteiger partial charge in [-0.3, -0.25) is 0 Å². The second kappa shape index (κ2) is 4.94. The van der Waals surface area contributed by atoms with Crippen LogP contribution in [0.1, 0.15) is 6.92 Å². The molecule has 0 heterocycles. The Morgan fingerprint density at radius 1 is 2.00 bits per heavy atom. The zero-order valence-corrected chi connectivity index (χ0v) is 6.39. The Morgan fingerprint density at radius 2 is 2.60 bits per heavy atom. The molecular weight excluding hydrogens is 152 g/mol. The van der Waals surface area contributed by atoms with Crippen molar-refractivity contribution in [1.82, 2.24) is 5.32 Å². The maximum absolute atomic E-state index is 10.4. The van der Waals surface area contributed by atoms with Crippen molar-refractivity contribution in [3.05, 3.63) is 0 Å². The molecule has 4 nitrogen and oxygen atoms in total. The first-order valence-corrected chi connectivity index (χ1v) is 3.30. The van der Waals surface area contributed by atoms with E-state index in [4.69, 9.17) is 5.26 Å². The van der Waals surface area contributed by atoms with Crippen molar-refractivity contribution in [2.24, 2.45) is 0 Å². The summed E-state index contributed by atoms with van der Waals surface area (Å²) >= 11 is 3.87. The predicted molar refractivity (Wildman–Crippen MR) is 38.5 cm³/mol. The van der Waals surface area contributed by atoms with Crippen molar-refractivity contribution in [1.29, 1.82) is 5.26 Å². The normalized spacial score (nSPS) is 11.3. The molecule has 0 aromatic carbocycles. The Bertz CT molecular complexity index is 154. The zero-order chi connectivity index (χ0) is 7.98. The second-order valence-electron chi connectivity index (χ2n) is 1.64. The lowest BCUT2D eigenvalue weighted by Gasteiger charge is -2.07. The van der Waals surface area contributed by atoms with Crippen molar-refractivity contribution in [2.75, 3.05) is 5.75 Å². The topological polar surface area (TPSA) is 62.1 Å². The summed E-state index contributed by atoms with van der Waals surface area (Å²) < 4.78 is 4.59. The van der Waals surface area contributed by atoms with Crippen LogP contribution in [0.25, 0.3) is 0 Å². The van der Waals surface area contributed by atoms with Crippen LogP contribution in [0, 0.1) is 11.5 Å². The molecule has 10 heavy (non-hydrogen) atoms. The summed E-state index contributed by atoms with van der Waals surface area (Å²) in [6.45, 7) is 1.68. The van der Waals surface area contributed by atoms with Gasteiger partial charge in [-0.05, 0) is 6.92 Å². The molecule has 1 atom stereocenters. The standard InChI is InChI=1S/C5H8N2O2S/c1-4(2-10)9-5(8)7-3-6/h4,10H,2H2,1H3,(H,7,8). The van der Waals surface area contributed by atoms with Crippen molar-refractivity contribution >= 4 is 18.7 Å². The summed E-state index contributed by atoms with van der Waals surface area (Å²) in [6.07, 6.45) is 0.448. The molecule has 0 spiro atoms. The van der Waals surface area contributed by atoms with Crippen LogP contribution in [0.4, 0.5) is 4.79 Å². The third-order valence-electron chi connectivity index (χ3n) is 0.723. The van der Waals surface area contributed by atoms with Crippen molar-refractivity contribution in [3.8, 4) is 6.19 Å². The van der Waals surface area contributed by atoms with Gasteiger partial charge in [-0.2, -0.15) is 17.9 Å². The Morgan fingerprint density at radius 3 is 3.00 bits per heavy atom. The molecule has 0 bridgehead atoms. The quantitative estimate of drug-likeness (QED) is 0.351. The number of rotatable bonds is 2. The van der Waals surface area contributed by atoms with Crippen LogP contribution >= 0.6 is 12.6 Å². The molecule has 0 aliphatic heterocycles. The third kappa shape index (κ3) is 4.04. The molecule has 1 amide bonds. The average Bonchev–Trinajstić information content (AvgIpc) is 1.88. The van der Waals surface area contributed by atoms with Crippen molar-refractivity contribution < 1.29 is 9.53 Å². The molecule has 0 rings (SSSR count). The van der Waals surface area contributed by atoms with Crippen LogP contribution in [-0.4, -0.2) is 18.0 Å². The van der Waals surface area contributed by atoms with Gasteiger partial charge in [0, 0.05) is 5.75 Å². The number of alkyl carbamates (subject to hydrolysis) is 1. The van der Waals surface area contributed by atoms with E-state index >= 15 is 0 Å². The molecule has 0 aliphatic carbocycles. The minimum absolute atomic E-state index is 0.267. The van der Waals surface area contributed by atoms with Gasteiger partial charge in [0.2, 0.25) is 0 Å². The monoisotopic (exact) mass is 160 g/mol. The molecule has 0 aliphatic rings. The number of amides is 1. The number of nitrogens with zero attached hydrogens (tertiary/aromatic N) is 1. The van der Waals surface area contributed by atoms with Crippen molar-refractivity contribution in [2.45, 2.75) is 13.0 Å². The zero-order valence-electron chi connectivity index (χ0n) is 5.50. The Kier molecular flexibility index (Phi) is 4.50. The van der Waals surface area contributed by atoms with Gasteiger partial charge < -0.3 is 4.74 Å². The van der Waals surface area contributed by atoms with E-state index in [0.717, 1.165) is 0 Å². The van der Waals surface area contributed by atoms with E-state index in [9.17, 15) is 4.79 Å². The predicted octanol–water partition coefficient (Wildman–Crippen LogP) is 0.512. The lowest BCUT2D eigenvalue weighted by Crippen LogP contribution is -2.24. The highest BCUT2D eigenvalue weighted by Crippen LogP contribution is 1.92. The highest BCUT2D eigenvalue weighted by Gasteiger charge is 2.04. The Labute approximate surface area is 64.6 Å². The summed E-state index contributed by atoms with van der Waals surface area (Å²) in [5, 5.41) is 9.76. The molecule has 1 N–H and O–H groups in total. The van der Waals surface area contributed by atoms with Gasteiger partial charge in [-0.25, -0.2) is 10.1 Å². The molecular formula is C5H8N2O2S. The molecule has 0 saturated carbocycles. The van der Waals surface area contributed by atoms with E-state index in [1.807, 2.05) is 5.32 Å². The largest absolute Gasteiger partial charge is 0.445 e. The molecule has 0 aromatic rings. The SMILES string of the molecule is CC(CS)OC(=O)NC#N. The molecule has 0 radical (unpaired) electrons. The number of ether oxygens (including phenoxy) is 1. The van der Waals surface area contributed by atoms with Crippen molar-refractivity contribution in [3.63, 3.8) is 0 Å². The maximum Gasteiger partial charge on any atom is 0.420 e.